The van der Waals surface area contributed by atoms with Gasteiger partial charge >= 0.3 is 0 Å². The van der Waals surface area contributed by atoms with Crippen molar-refractivity contribution in [2.45, 2.75) is 18.9 Å². The lowest BCUT2D eigenvalue weighted by molar-refractivity contribution is 0.0739. The number of likely N-dealkylation sites (tertiary alicyclic amines) is 1. The number of ether oxygens (including phenoxy) is 3. The molecule has 1 saturated heterocycles. The van der Waals surface area contributed by atoms with E-state index in [1.165, 1.54) is 0 Å². The third-order valence-electron chi connectivity index (χ3n) is 3.99. The van der Waals surface area contributed by atoms with E-state index in [2.05, 4.69) is 0 Å². The molecule has 0 bridgehead atoms. The molecule has 3 rings (SSSR count). The average Bonchev–Trinajstić information content (AvgIpc) is 3.01. The molecule has 1 aromatic carbocycles. The zero-order valence-corrected chi connectivity index (χ0v) is 12.1. The lowest BCUT2D eigenvalue weighted by Gasteiger charge is -2.25. The highest BCUT2D eigenvalue weighted by Crippen LogP contribution is 2.40. The molecule has 0 aromatic heterocycles. The summed E-state index contributed by atoms with van der Waals surface area (Å²) >= 11 is 0. The molecule has 114 valence electrons. The Morgan fingerprint density at radius 3 is 3.00 bits per heavy atom. The second-order valence-electron chi connectivity index (χ2n) is 5.23. The molecular weight excluding hydrogens is 272 g/mol. The van der Waals surface area contributed by atoms with Gasteiger partial charge in [0.25, 0.3) is 5.91 Å². The Kier molecular flexibility index (Phi) is 3.88. The van der Waals surface area contributed by atoms with Crippen LogP contribution in [0.15, 0.2) is 12.1 Å². The molecule has 1 fully saturated rings. The lowest BCUT2D eigenvalue weighted by atomic mass is 10.1. The van der Waals surface area contributed by atoms with Crippen molar-refractivity contribution in [1.82, 2.24) is 4.90 Å². The summed E-state index contributed by atoms with van der Waals surface area (Å²) in [4.78, 5) is 14.5. The zero-order chi connectivity index (χ0) is 14.8. The molecule has 1 aromatic rings. The summed E-state index contributed by atoms with van der Waals surface area (Å²) in [5.41, 5.74) is 6.30. The largest absolute Gasteiger partial charge is 0.493 e. The summed E-state index contributed by atoms with van der Waals surface area (Å²) in [6, 6.07) is 3.56. The van der Waals surface area contributed by atoms with Gasteiger partial charge in [0, 0.05) is 24.7 Å². The number of carbonyl (C=O) groups excluding carboxylic acids is 1. The quantitative estimate of drug-likeness (QED) is 0.900. The van der Waals surface area contributed by atoms with Crippen LogP contribution in [-0.2, 0) is 0 Å². The summed E-state index contributed by atoms with van der Waals surface area (Å²) < 4.78 is 16.4. The molecule has 2 heterocycles. The number of fused-ring (bicyclic) bond motifs is 1. The molecule has 6 heteroatoms. The van der Waals surface area contributed by atoms with Crippen LogP contribution < -0.4 is 19.9 Å². The maximum atomic E-state index is 12.7. The van der Waals surface area contributed by atoms with Crippen LogP contribution in [0.3, 0.4) is 0 Å². The number of carbonyl (C=O) groups is 1. The summed E-state index contributed by atoms with van der Waals surface area (Å²) in [5, 5.41) is 0. The molecule has 21 heavy (non-hydrogen) atoms. The van der Waals surface area contributed by atoms with Crippen LogP contribution in [0.4, 0.5) is 0 Å². The third kappa shape index (κ3) is 2.51. The van der Waals surface area contributed by atoms with Crippen LogP contribution in [0.2, 0.25) is 0 Å². The predicted octanol–water partition coefficient (Wildman–Crippen LogP) is 1.03. The summed E-state index contributed by atoms with van der Waals surface area (Å²) in [7, 11) is 1.56. The minimum atomic E-state index is -0.0294. The third-order valence-corrected chi connectivity index (χ3v) is 3.99. The molecule has 1 amide bonds. The molecule has 0 spiro atoms. The van der Waals surface area contributed by atoms with Crippen LogP contribution in [0.1, 0.15) is 23.2 Å². The Morgan fingerprint density at radius 2 is 2.24 bits per heavy atom. The number of nitrogens with two attached hydrogens (primary N) is 1. The van der Waals surface area contributed by atoms with Crippen molar-refractivity contribution in [3.63, 3.8) is 0 Å². The van der Waals surface area contributed by atoms with Crippen molar-refractivity contribution in [2.24, 2.45) is 5.73 Å². The number of hydrogen-bond acceptors (Lipinski definition) is 5. The van der Waals surface area contributed by atoms with E-state index in [1.54, 1.807) is 19.2 Å². The van der Waals surface area contributed by atoms with Gasteiger partial charge in [0.05, 0.1) is 7.11 Å². The van der Waals surface area contributed by atoms with Gasteiger partial charge < -0.3 is 24.8 Å². The predicted molar refractivity (Wildman–Crippen MR) is 77.1 cm³/mol. The molecule has 2 aliphatic rings. The Morgan fingerprint density at radius 1 is 1.43 bits per heavy atom. The maximum Gasteiger partial charge on any atom is 0.254 e. The van der Waals surface area contributed by atoms with Crippen LogP contribution in [0.25, 0.3) is 0 Å². The second kappa shape index (κ2) is 5.81. The van der Waals surface area contributed by atoms with E-state index in [9.17, 15) is 4.79 Å². The van der Waals surface area contributed by atoms with Gasteiger partial charge in [-0.05, 0) is 25.0 Å². The highest BCUT2D eigenvalue weighted by Gasteiger charge is 2.30. The number of nitrogens with zero attached hydrogens (tertiary/aromatic N) is 1. The second-order valence-corrected chi connectivity index (χ2v) is 5.23. The zero-order valence-electron chi connectivity index (χ0n) is 12.1. The Bertz CT molecular complexity index is 529. The van der Waals surface area contributed by atoms with Crippen LogP contribution in [-0.4, -0.2) is 50.3 Å². The lowest BCUT2D eigenvalue weighted by Crippen LogP contribution is -2.39. The van der Waals surface area contributed by atoms with Gasteiger partial charge in [0.15, 0.2) is 11.5 Å². The highest BCUT2D eigenvalue weighted by atomic mass is 16.6. The van der Waals surface area contributed by atoms with Crippen molar-refractivity contribution in [1.29, 1.82) is 0 Å². The number of rotatable bonds is 3. The van der Waals surface area contributed by atoms with Crippen molar-refractivity contribution >= 4 is 5.91 Å². The number of methoxy groups -OCH3 is 1. The molecule has 6 nitrogen and oxygen atoms in total. The van der Waals surface area contributed by atoms with Gasteiger partial charge in [-0.25, -0.2) is 0 Å². The van der Waals surface area contributed by atoms with Gasteiger partial charge in [-0.15, -0.1) is 0 Å². The molecule has 1 atom stereocenters. The van der Waals surface area contributed by atoms with Gasteiger partial charge in [0.1, 0.15) is 13.2 Å². The topological polar surface area (TPSA) is 74.0 Å². The maximum absolute atomic E-state index is 12.7. The molecular formula is C15H20N2O4. The first-order valence-electron chi connectivity index (χ1n) is 7.23. The van der Waals surface area contributed by atoms with E-state index >= 15 is 0 Å². The van der Waals surface area contributed by atoms with Crippen LogP contribution in [0.5, 0.6) is 17.2 Å². The normalized spacial score (nSPS) is 20.5. The Hall–Kier alpha value is -1.95. The smallest absolute Gasteiger partial charge is 0.254 e. The van der Waals surface area contributed by atoms with Crippen molar-refractivity contribution in [2.75, 3.05) is 33.4 Å². The first-order valence-corrected chi connectivity index (χ1v) is 7.23. The van der Waals surface area contributed by atoms with Gasteiger partial charge in [-0.2, -0.15) is 0 Å². The van der Waals surface area contributed by atoms with E-state index in [0.29, 0.717) is 42.6 Å². The van der Waals surface area contributed by atoms with Gasteiger partial charge in [0.2, 0.25) is 5.75 Å². The number of hydrogen-bond donors (Lipinski definition) is 1. The number of benzene rings is 1. The summed E-state index contributed by atoms with van der Waals surface area (Å²) in [6.07, 6.45) is 1.96. The summed E-state index contributed by atoms with van der Waals surface area (Å²) in [5.74, 6) is 1.63. The minimum Gasteiger partial charge on any atom is -0.493 e. The van der Waals surface area contributed by atoms with Crippen molar-refractivity contribution in [3.05, 3.63) is 17.7 Å². The van der Waals surface area contributed by atoms with E-state index in [0.717, 1.165) is 19.4 Å². The van der Waals surface area contributed by atoms with Gasteiger partial charge in [-0.1, -0.05) is 0 Å². The standard InChI is InChI=1S/C15H20N2O4/c1-19-12-7-10(8-13-14(12)21-6-5-20-13)15(18)17-4-2-3-11(17)9-16/h7-8,11H,2-6,9,16H2,1H3. The number of amides is 1. The van der Waals surface area contributed by atoms with E-state index in [1.807, 2.05) is 4.90 Å². The molecule has 0 radical (unpaired) electrons. The van der Waals surface area contributed by atoms with E-state index in [4.69, 9.17) is 19.9 Å². The Balaban J connectivity index is 1.93. The van der Waals surface area contributed by atoms with Gasteiger partial charge in [-0.3, -0.25) is 4.79 Å². The SMILES string of the molecule is COc1cc(C(=O)N2CCCC2CN)cc2c1OCCO2. The first-order chi connectivity index (χ1) is 10.2. The van der Waals surface area contributed by atoms with E-state index in [-0.39, 0.29) is 11.9 Å². The van der Waals surface area contributed by atoms with Crippen LogP contribution in [0, 0.1) is 0 Å². The molecule has 0 saturated carbocycles. The monoisotopic (exact) mass is 292 g/mol. The fraction of sp³-hybridized carbons (Fsp3) is 0.533. The van der Waals surface area contributed by atoms with Crippen LogP contribution >= 0.6 is 0 Å². The van der Waals surface area contributed by atoms with E-state index < -0.39 is 0 Å². The molecule has 2 aliphatic heterocycles. The molecule has 2 N–H and O–H groups in total. The highest BCUT2D eigenvalue weighted by molar-refractivity contribution is 5.96. The Labute approximate surface area is 123 Å². The molecule has 1 unspecified atom stereocenters. The average molecular weight is 292 g/mol. The first kappa shape index (κ1) is 14.0. The molecule has 0 aliphatic carbocycles. The fourth-order valence-corrected chi connectivity index (χ4v) is 2.91. The van der Waals surface area contributed by atoms with Crippen molar-refractivity contribution in [3.8, 4) is 17.2 Å². The fourth-order valence-electron chi connectivity index (χ4n) is 2.91. The summed E-state index contributed by atoms with van der Waals surface area (Å²) in [6.45, 7) is 2.20. The minimum absolute atomic E-state index is 0.0294. The van der Waals surface area contributed by atoms with Crippen molar-refractivity contribution < 1.29 is 19.0 Å².